The molecule has 0 bridgehead atoms. The zero-order valence-electron chi connectivity index (χ0n) is 15.1. The van der Waals surface area contributed by atoms with Gasteiger partial charge in [-0.3, -0.25) is 4.79 Å². The van der Waals surface area contributed by atoms with Gasteiger partial charge in [-0.2, -0.15) is 0 Å². The van der Waals surface area contributed by atoms with Gasteiger partial charge in [-0.15, -0.1) is 0 Å². The Morgan fingerprint density at radius 1 is 1.12 bits per heavy atom. The van der Waals surface area contributed by atoms with Gasteiger partial charge in [-0.25, -0.2) is 9.97 Å². The molecular weight excluding hydrogens is 316 g/mol. The van der Waals surface area contributed by atoms with Crippen LogP contribution in [0.3, 0.4) is 0 Å². The Bertz CT molecular complexity index is 618. The maximum absolute atomic E-state index is 12.4. The summed E-state index contributed by atoms with van der Waals surface area (Å²) in [6, 6.07) is 2.10. The van der Waals surface area contributed by atoms with Gasteiger partial charge in [0, 0.05) is 50.3 Å². The van der Waals surface area contributed by atoms with Crippen LogP contribution in [0.5, 0.6) is 0 Å². The van der Waals surface area contributed by atoms with E-state index in [0.717, 1.165) is 56.4 Å². The van der Waals surface area contributed by atoms with Crippen molar-refractivity contribution in [2.24, 2.45) is 5.92 Å². The lowest BCUT2D eigenvalue weighted by Crippen LogP contribution is -2.42. The summed E-state index contributed by atoms with van der Waals surface area (Å²) in [7, 11) is 0. The summed E-state index contributed by atoms with van der Waals surface area (Å²) >= 11 is 0. The number of ether oxygens (including phenoxy) is 1. The molecule has 4 rings (SSSR count). The third kappa shape index (κ3) is 4.11. The van der Waals surface area contributed by atoms with Crippen molar-refractivity contribution in [3.8, 4) is 0 Å². The molecule has 3 aliphatic rings. The van der Waals surface area contributed by atoms with Crippen molar-refractivity contribution in [1.29, 1.82) is 0 Å². The van der Waals surface area contributed by atoms with Gasteiger partial charge in [-0.1, -0.05) is 0 Å². The number of anilines is 1. The maximum atomic E-state index is 12.4. The minimum atomic E-state index is 0.302. The summed E-state index contributed by atoms with van der Waals surface area (Å²) in [5.41, 5.74) is 1.07. The van der Waals surface area contributed by atoms with Crippen LogP contribution >= 0.6 is 0 Å². The molecule has 0 radical (unpaired) electrons. The number of nitrogens with zero attached hydrogens (tertiary/aromatic N) is 4. The van der Waals surface area contributed by atoms with E-state index in [0.29, 0.717) is 37.4 Å². The van der Waals surface area contributed by atoms with Crippen LogP contribution in [-0.2, 0) is 9.53 Å². The normalized spacial score (nSPS) is 22.3. The molecule has 0 unspecified atom stereocenters. The van der Waals surface area contributed by atoms with E-state index in [1.165, 1.54) is 12.8 Å². The minimum absolute atomic E-state index is 0.302. The molecule has 136 valence electrons. The number of aryl methyl sites for hydroxylation is 1. The Balaban J connectivity index is 1.31. The molecule has 6 nitrogen and oxygen atoms in total. The minimum Gasteiger partial charge on any atom is -0.378 e. The Kier molecular flexibility index (Phi) is 4.88. The maximum Gasteiger partial charge on any atom is 0.223 e. The van der Waals surface area contributed by atoms with E-state index in [-0.39, 0.29) is 0 Å². The highest BCUT2D eigenvalue weighted by molar-refractivity contribution is 5.76. The predicted molar refractivity (Wildman–Crippen MR) is 95.7 cm³/mol. The van der Waals surface area contributed by atoms with Crippen molar-refractivity contribution in [2.75, 3.05) is 44.3 Å². The smallest absolute Gasteiger partial charge is 0.223 e. The van der Waals surface area contributed by atoms with Crippen LogP contribution in [0.15, 0.2) is 6.07 Å². The van der Waals surface area contributed by atoms with E-state index < -0.39 is 0 Å². The van der Waals surface area contributed by atoms with Gasteiger partial charge in [0.25, 0.3) is 0 Å². The second-order valence-corrected chi connectivity index (χ2v) is 7.63. The Morgan fingerprint density at radius 3 is 2.52 bits per heavy atom. The van der Waals surface area contributed by atoms with E-state index in [1.807, 2.05) is 4.90 Å². The molecule has 1 saturated carbocycles. The van der Waals surface area contributed by atoms with Gasteiger partial charge in [0.15, 0.2) is 0 Å². The first-order valence-corrected chi connectivity index (χ1v) is 9.65. The van der Waals surface area contributed by atoms with Crippen molar-refractivity contribution < 1.29 is 9.53 Å². The van der Waals surface area contributed by atoms with E-state index in [4.69, 9.17) is 9.72 Å². The number of morpholine rings is 1. The van der Waals surface area contributed by atoms with Gasteiger partial charge >= 0.3 is 0 Å². The number of amides is 1. The number of piperidine rings is 1. The molecule has 2 saturated heterocycles. The summed E-state index contributed by atoms with van der Waals surface area (Å²) in [5, 5.41) is 0. The third-order valence-corrected chi connectivity index (χ3v) is 5.57. The third-order valence-electron chi connectivity index (χ3n) is 5.57. The zero-order chi connectivity index (χ0) is 17.2. The van der Waals surface area contributed by atoms with Crippen LogP contribution in [0.2, 0.25) is 0 Å². The van der Waals surface area contributed by atoms with Crippen molar-refractivity contribution in [1.82, 2.24) is 14.9 Å². The van der Waals surface area contributed by atoms with Gasteiger partial charge in [0.05, 0.1) is 13.2 Å². The first-order chi connectivity index (χ1) is 12.2. The number of hydrogen-bond donors (Lipinski definition) is 0. The highest BCUT2D eigenvalue weighted by Gasteiger charge is 2.29. The fourth-order valence-corrected chi connectivity index (χ4v) is 3.82. The molecule has 1 aromatic rings. The lowest BCUT2D eigenvalue weighted by atomic mass is 9.93. The van der Waals surface area contributed by atoms with Crippen molar-refractivity contribution in [3.63, 3.8) is 0 Å². The molecule has 0 spiro atoms. The average Bonchev–Trinajstić information content (AvgIpc) is 3.48. The van der Waals surface area contributed by atoms with Crippen molar-refractivity contribution in [2.45, 2.75) is 44.9 Å². The number of hydrogen-bond acceptors (Lipinski definition) is 5. The lowest BCUT2D eigenvalue weighted by molar-refractivity contribution is -0.136. The summed E-state index contributed by atoms with van der Waals surface area (Å²) in [5.74, 6) is 3.49. The number of rotatable bonds is 4. The number of carbonyl (C=O) groups excluding carboxylic acids is 1. The molecule has 0 N–H and O–H groups in total. The molecule has 6 heteroatoms. The summed E-state index contributed by atoms with van der Waals surface area (Å²) in [4.78, 5) is 26.2. The lowest BCUT2D eigenvalue weighted by Gasteiger charge is -2.34. The fraction of sp³-hybridized carbons (Fsp3) is 0.737. The fourth-order valence-electron chi connectivity index (χ4n) is 3.82. The average molecular weight is 344 g/mol. The Morgan fingerprint density at radius 2 is 1.84 bits per heavy atom. The van der Waals surface area contributed by atoms with Crippen LogP contribution in [0, 0.1) is 12.8 Å². The largest absolute Gasteiger partial charge is 0.378 e. The SMILES string of the molecule is Cc1cc(N2CCC(CC(=O)N3CCOCC3)CC2)nc(C2CC2)n1. The molecule has 1 amide bonds. The predicted octanol–water partition coefficient (Wildman–Crippen LogP) is 2.13. The molecule has 1 aromatic heterocycles. The molecule has 0 aromatic carbocycles. The Labute approximate surface area is 149 Å². The molecule has 0 atom stereocenters. The zero-order valence-corrected chi connectivity index (χ0v) is 15.1. The number of aromatic nitrogens is 2. The highest BCUT2D eigenvalue weighted by Crippen LogP contribution is 2.39. The standard InChI is InChI=1S/C19H28N4O2/c1-14-12-17(21-19(20-14)16-2-3-16)22-6-4-15(5-7-22)13-18(24)23-8-10-25-11-9-23/h12,15-16H,2-11,13H2,1H3. The topological polar surface area (TPSA) is 58.6 Å². The van der Waals surface area contributed by atoms with Crippen LogP contribution < -0.4 is 4.90 Å². The molecule has 25 heavy (non-hydrogen) atoms. The van der Waals surface area contributed by atoms with E-state index in [9.17, 15) is 4.79 Å². The second kappa shape index (κ2) is 7.28. The first-order valence-electron chi connectivity index (χ1n) is 9.65. The monoisotopic (exact) mass is 344 g/mol. The summed E-state index contributed by atoms with van der Waals surface area (Å²) in [6.45, 7) is 6.90. The van der Waals surface area contributed by atoms with Gasteiger partial charge in [0.2, 0.25) is 5.91 Å². The summed E-state index contributed by atoms with van der Waals surface area (Å²) < 4.78 is 5.33. The van der Waals surface area contributed by atoms with Crippen molar-refractivity contribution in [3.05, 3.63) is 17.6 Å². The molecule has 1 aliphatic carbocycles. The Hall–Kier alpha value is -1.69. The number of carbonyl (C=O) groups is 1. The molecule has 3 fully saturated rings. The second-order valence-electron chi connectivity index (χ2n) is 7.63. The van der Waals surface area contributed by atoms with Crippen LogP contribution in [0.1, 0.15) is 49.5 Å². The van der Waals surface area contributed by atoms with Gasteiger partial charge in [0.1, 0.15) is 11.6 Å². The van der Waals surface area contributed by atoms with Gasteiger partial charge < -0.3 is 14.5 Å². The molecular formula is C19H28N4O2. The molecule has 3 heterocycles. The quantitative estimate of drug-likeness (QED) is 0.837. The van der Waals surface area contributed by atoms with Crippen LogP contribution in [0.4, 0.5) is 5.82 Å². The first kappa shape index (κ1) is 16.8. The van der Waals surface area contributed by atoms with Gasteiger partial charge in [-0.05, 0) is 38.5 Å². The molecule has 2 aliphatic heterocycles. The van der Waals surface area contributed by atoms with E-state index in [1.54, 1.807) is 0 Å². The van der Waals surface area contributed by atoms with E-state index in [2.05, 4.69) is 22.9 Å². The van der Waals surface area contributed by atoms with Crippen LogP contribution in [0.25, 0.3) is 0 Å². The van der Waals surface area contributed by atoms with Crippen LogP contribution in [-0.4, -0.2) is 60.2 Å². The highest BCUT2D eigenvalue weighted by atomic mass is 16.5. The van der Waals surface area contributed by atoms with Crippen molar-refractivity contribution >= 4 is 11.7 Å². The summed E-state index contributed by atoms with van der Waals surface area (Å²) in [6.07, 6.45) is 5.28. The van der Waals surface area contributed by atoms with E-state index >= 15 is 0 Å².